The molecule has 2 aromatic heterocycles. The number of benzene rings is 1. The van der Waals surface area contributed by atoms with Crippen molar-refractivity contribution in [3.63, 3.8) is 0 Å². The fraction of sp³-hybridized carbons (Fsp3) is 0.176. The Labute approximate surface area is 141 Å². The SMILES string of the molecule is CN(Cc1nccn1C(F)F)C(=O)c1ccc(-c2ccc(F)cc2)o1. The van der Waals surface area contributed by atoms with E-state index in [-0.39, 0.29) is 23.9 Å². The van der Waals surface area contributed by atoms with Crippen LogP contribution in [0.5, 0.6) is 0 Å². The van der Waals surface area contributed by atoms with Gasteiger partial charge in [-0.15, -0.1) is 0 Å². The number of alkyl halides is 2. The molecule has 130 valence electrons. The van der Waals surface area contributed by atoms with Crippen LogP contribution in [0.15, 0.2) is 53.2 Å². The average Bonchev–Trinajstić information content (AvgIpc) is 3.24. The Morgan fingerprint density at radius 1 is 1.24 bits per heavy atom. The zero-order chi connectivity index (χ0) is 18.0. The number of hydrogen-bond donors (Lipinski definition) is 0. The first kappa shape index (κ1) is 16.8. The van der Waals surface area contributed by atoms with Gasteiger partial charge in [0.05, 0.1) is 6.54 Å². The zero-order valence-electron chi connectivity index (χ0n) is 13.2. The normalized spacial score (nSPS) is 11.1. The zero-order valence-corrected chi connectivity index (χ0v) is 13.2. The number of aromatic nitrogens is 2. The van der Waals surface area contributed by atoms with Gasteiger partial charge in [-0.1, -0.05) is 0 Å². The number of furan rings is 1. The molecule has 0 atom stereocenters. The standard InChI is InChI=1S/C17H14F3N3O2/c1-22(10-15-21-8-9-23(15)17(19)20)16(24)14-7-6-13(25-14)11-2-4-12(18)5-3-11/h2-9,17H,10H2,1H3. The first-order valence-electron chi connectivity index (χ1n) is 7.37. The van der Waals surface area contributed by atoms with E-state index in [1.54, 1.807) is 6.07 Å². The summed E-state index contributed by atoms with van der Waals surface area (Å²) < 4.78 is 44.8. The van der Waals surface area contributed by atoms with Crippen molar-refractivity contribution in [3.8, 4) is 11.3 Å². The molecule has 3 rings (SSSR count). The van der Waals surface area contributed by atoms with Crippen molar-refractivity contribution in [3.05, 3.63) is 66.2 Å². The predicted molar refractivity (Wildman–Crippen MR) is 83.4 cm³/mol. The van der Waals surface area contributed by atoms with Gasteiger partial charge in [0.1, 0.15) is 17.4 Å². The highest BCUT2D eigenvalue weighted by Gasteiger charge is 2.20. The summed E-state index contributed by atoms with van der Waals surface area (Å²) >= 11 is 0. The average molecular weight is 349 g/mol. The maximum absolute atomic E-state index is 13.0. The number of halogens is 3. The third-order valence-corrected chi connectivity index (χ3v) is 3.63. The molecule has 3 aromatic rings. The van der Waals surface area contributed by atoms with E-state index in [4.69, 9.17) is 4.42 Å². The van der Waals surface area contributed by atoms with Gasteiger partial charge in [-0.2, -0.15) is 8.78 Å². The molecule has 0 aliphatic heterocycles. The van der Waals surface area contributed by atoms with E-state index in [0.29, 0.717) is 15.9 Å². The molecule has 0 aliphatic rings. The molecule has 0 bridgehead atoms. The lowest BCUT2D eigenvalue weighted by molar-refractivity contribution is 0.0604. The second-order valence-corrected chi connectivity index (χ2v) is 5.36. The smallest absolute Gasteiger partial charge is 0.319 e. The molecule has 2 heterocycles. The first-order valence-corrected chi connectivity index (χ1v) is 7.37. The molecule has 0 saturated carbocycles. The van der Waals surface area contributed by atoms with Gasteiger partial charge in [0, 0.05) is 25.0 Å². The molecular formula is C17H14F3N3O2. The van der Waals surface area contributed by atoms with Crippen molar-refractivity contribution in [1.82, 2.24) is 14.5 Å². The highest BCUT2D eigenvalue weighted by molar-refractivity contribution is 5.91. The van der Waals surface area contributed by atoms with Gasteiger partial charge in [0.25, 0.3) is 5.91 Å². The third-order valence-electron chi connectivity index (χ3n) is 3.63. The number of carbonyl (C=O) groups is 1. The highest BCUT2D eigenvalue weighted by atomic mass is 19.3. The molecule has 0 aliphatic carbocycles. The van der Waals surface area contributed by atoms with Crippen LogP contribution in [-0.4, -0.2) is 27.4 Å². The van der Waals surface area contributed by atoms with Crippen molar-refractivity contribution in [2.45, 2.75) is 13.1 Å². The number of amides is 1. The Morgan fingerprint density at radius 3 is 2.64 bits per heavy atom. The van der Waals surface area contributed by atoms with Crippen molar-refractivity contribution >= 4 is 5.91 Å². The molecule has 0 fully saturated rings. The summed E-state index contributed by atoms with van der Waals surface area (Å²) in [6.07, 6.45) is 2.40. The summed E-state index contributed by atoms with van der Waals surface area (Å²) in [4.78, 5) is 17.5. The lowest BCUT2D eigenvalue weighted by atomic mass is 10.2. The van der Waals surface area contributed by atoms with E-state index in [0.717, 1.165) is 6.20 Å². The van der Waals surface area contributed by atoms with E-state index in [9.17, 15) is 18.0 Å². The molecule has 1 amide bonds. The molecular weight excluding hydrogens is 335 g/mol. The number of carbonyl (C=O) groups excluding carboxylic acids is 1. The Morgan fingerprint density at radius 2 is 1.96 bits per heavy atom. The van der Waals surface area contributed by atoms with Crippen LogP contribution in [0.25, 0.3) is 11.3 Å². The van der Waals surface area contributed by atoms with Crippen LogP contribution < -0.4 is 0 Å². The van der Waals surface area contributed by atoms with Crippen LogP contribution in [0, 0.1) is 5.82 Å². The lowest BCUT2D eigenvalue weighted by Crippen LogP contribution is -2.27. The van der Waals surface area contributed by atoms with Gasteiger partial charge in [0.2, 0.25) is 0 Å². The maximum Gasteiger partial charge on any atom is 0.319 e. The number of nitrogens with zero attached hydrogens (tertiary/aromatic N) is 3. The largest absolute Gasteiger partial charge is 0.451 e. The molecule has 25 heavy (non-hydrogen) atoms. The van der Waals surface area contributed by atoms with Crippen LogP contribution in [0.3, 0.4) is 0 Å². The van der Waals surface area contributed by atoms with Crippen LogP contribution in [-0.2, 0) is 6.54 Å². The molecule has 1 aromatic carbocycles. The van der Waals surface area contributed by atoms with Gasteiger partial charge in [-0.05, 0) is 36.4 Å². The van der Waals surface area contributed by atoms with Crippen molar-refractivity contribution in [1.29, 1.82) is 0 Å². The quantitative estimate of drug-likeness (QED) is 0.701. The fourth-order valence-corrected chi connectivity index (χ4v) is 2.34. The van der Waals surface area contributed by atoms with Crippen LogP contribution in [0.4, 0.5) is 13.2 Å². The Balaban J connectivity index is 1.74. The summed E-state index contributed by atoms with van der Waals surface area (Å²) in [5.74, 6) is -0.322. The predicted octanol–water partition coefficient (Wildman–Crippen LogP) is 3.95. The second-order valence-electron chi connectivity index (χ2n) is 5.36. The Hall–Kier alpha value is -3.03. The van der Waals surface area contributed by atoms with Gasteiger partial charge >= 0.3 is 6.55 Å². The van der Waals surface area contributed by atoms with E-state index < -0.39 is 12.5 Å². The lowest BCUT2D eigenvalue weighted by Gasteiger charge is -2.16. The number of rotatable bonds is 5. The summed E-state index contributed by atoms with van der Waals surface area (Å²) in [5.41, 5.74) is 0.622. The van der Waals surface area contributed by atoms with Crippen LogP contribution >= 0.6 is 0 Å². The summed E-state index contributed by atoms with van der Waals surface area (Å²) in [7, 11) is 1.47. The Bertz CT molecular complexity index is 871. The Kier molecular flexibility index (Phi) is 4.60. The first-order chi connectivity index (χ1) is 12.0. The minimum absolute atomic E-state index is 0.0528. The van der Waals surface area contributed by atoms with E-state index in [2.05, 4.69) is 4.98 Å². The van der Waals surface area contributed by atoms with Crippen molar-refractivity contribution in [2.75, 3.05) is 7.05 Å². The molecule has 0 N–H and O–H groups in total. The summed E-state index contributed by atoms with van der Waals surface area (Å²) in [6.45, 7) is -2.82. The monoisotopic (exact) mass is 349 g/mol. The summed E-state index contributed by atoms with van der Waals surface area (Å²) in [5, 5.41) is 0. The molecule has 5 nitrogen and oxygen atoms in total. The van der Waals surface area contributed by atoms with E-state index in [1.807, 2.05) is 0 Å². The summed E-state index contributed by atoms with van der Waals surface area (Å²) in [6, 6.07) is 8.72. The minimum atomic E-state index is -2.73. The molecule has 0 radical (unpaired) electrons. The van der Waals surface area contributed by atoms with Crippen LogP contribution in [0.2, 0.25) is 0 Å². The third kappa shape index (κ3) is 3.57. The van der Waals surface area contributed by atoms with Crippen molar-refractivity contribution in [2.24, 2.45) is 0 Å². The number of hydrogen-bond acceptors (Lipinski definition) is 3. The van der Waals surface area contributed by atoms with Gasteiger partial charge in [-0.25, -0.2) is 9.37 Å². The molecule has 8 heteroatoms. The van der Waals surface area contributed by atoms with Crippen molar-refractivity contribution < 1.29 is 22.4 Å². The molecule has 0 saturated heterocycles. The molecule has 0 spiro atoms. The maximum atomic E-state index is 13.0. The topological polar surface area (TPSA) is 51.3 Å². The highest BCUT2D eigenvalue weighted by Crippen LogP contribution is 2.23. The fourth-order valence-electron chi connectivity index (χ4n) is 2.34. The number of imidazole rings is 1. The van der Waals surface area contributed by atoms with E-state index in [1.165, 1.54) is 48.5 Å². The second kappa shape index (κ2) is 6.84. The minimum Gasteiger partial charge on any atom is -0.451 e. The molecule has 0 unspecified atom stereocenters. The van der Waals surface area contributed by atoms with E-state index >= 15 is 0 Å². The van der Waals surface area contributed by atoms with Gasteiger partial charge < -0.3 is 9.32 Å². The van der Waals surface area contributed by atoms with Gasteiger partial charge in [-0.3, -0.25) is 9.36 Å². The van der Waals surface area contributed by atoms with Crippen LogP contribution in [0.1, 0.15) is 22.9 Å². The van der Waals surface area contributed by atoms with Gasteiger partial charge in [0.15, 0.2) is 5.76 Å².